The lowest BCUT2D eigenvalue weighted by molar-refractivity contribution is 0.220. The molecule has 0 amide bonds. The van der Waals surface area contributed by atoms with Crippen LogP contribution in [0.2, 0.25) is 0 Å². The van der Waals surface area contributed by atoms with Crippen molar-refractivity contribution in [2.45, 2.75) is 32.3 Å². The molecule has 0 bridgehead atoms. The van der Waals surface area contributed by atoms with Crippen molar-refractivity contribution in [3.8, 4) is 0 Å². The van der Waals surface area contributed by atoms with Crippen LogP contribution in [0.5, 0.6) is 0 Å². The lowest BCUT2D eigenvalue weighted by atomic mass is 9.95. The van der Waals surface area contributed by atoms with Gasteiger partial charge in [-0.1, -0.05) is 68.4 Å². The Balaban J connectivity index is 2.19. The zero-order valence-electron chi connectivity index (χ0n) is 11.0. The molecule has 1 nitrogen and oxygen atoms in total. The van der Waals surface area contributed by atoms with Crippen molar-refractivity contribution in [1.82, 2.24) is 0 Å². The van der Waals surface area contributed by atoms with Crippen LogP contribution in [0.4, 0.5) is 0 Å². The van der Waals surface area contributed by atoms with E-state index >= 15 is 0 Å². The van der Waals surface area contributed by atoms with Crippen LogP contribution >= 0.6 is 0 Å². The molecule has 0 aliphatic heterocycles. The Kier molecular flexibility index (Phi) is 4.16. The Labute approximate surface area is 109 Å². The minimum Gasteiger partial charge on any atom is -0.384 e. The fourth-order valence-electron chi connectivity index (χ4n) is 2.07. The molecule has 1 heteroatoms. The summed E-state index contributed by atoms with van der Waals surface area (Å²) in [5, 5.41) is 10.3. The molecule has 0 saturated carbocycles. The van der Waals surface area contributed by atoms with Gasteiger partial charge in [0.05, 0.1) is 0 Å². The number of aliphatic hydroxyl groups is 1. The van der Waals surface area contributed by atoms with Gasteiger partial charge in [-0.25, -0.2) is 0 Å². The molecule has 2 aromatic rings. The van der Waals surface area contributed by atoms with Crippen molar-refractivity contribution in [3.05, 3.63) is 71.3 Å². The first kappa shape index (κ1) is 12.8. The van der Waals surface area contributed by atoms with Crippen LogP contribution in [-0.4, -0.2) is 5.11 Å². The highest BCUT2D eigenvalue weighted by atomic mass is 16.3. The van der Waals surface area contributed by atoms with E-state index in [9.17, 15) is 5.11 Å². The third-order valence-electron chi connectivity index (χ3n) is 3.55. The summed E-state index contributed by atoms with van der Waals surface area (Å²) in [4.78, 5) is 0. The van der Waals surface area contributed by atoms with E-state index in [1.807, 2.05) is 42.5 Å². The van der Waals surface area contributed by atoms with Crippen LogP contribution in [0, 0.1) is 0 Å². The summed E-state index contributed by atoms with van der Waals surface area (Å²) in [6, 6.07) is 18.1. The van der Waals surface area contributed by atoms with Gasteiger partial charge in [-0.15, -0.1) is 0 Å². The Bertz CT molecular complexity index is 473. The predicted molar refractivity (Wildman–Crippen MR) is 75.7 cm³/mol. The highest BCUT2D eigenvalue weighted by Crippen LogP contribution is 2.24. The number of rotatable bonds is 4. The molecule has 0 spiro atoms. The topological polar surface area (TPSA) is 20.2 Å². The van der Waals surface area contributed by atoms with Gasteiger partial charge >= 0.3 is 0 Å². The summed E-state index contributed by atoms with van der Waals surface area (Å²) in [6.45, 7) is 4.42. The summed E-state index contributed by atoms with van der Waals surface area (Å²) in [5.74, 6) is 0.577. The maximum absolute atomic E-state index is 10.3. The monoisotopic (exact) mass is 240 g/mol. The van der Waals surface area contributed by atoms with Gasteiger partial charge in [-0.05, 0) is 29.0 Å². The molecule has 18 heavy (non-hydrogen) atoms. The average molecular weight is 240 g/mol. The predicted octanol–water partition coefficient (Wildman–Crippen LogP) is 4.28. The first-order valence-electron chi connectivity index (χ1n) is 6.55. The van der Waals surface area contributed by atoms with E-state index in [-0.39, 0.29) is 0 Å². The van der Waals surface area contributed by atoms with Gasteiger partial charge in [-0.3, -0.25) is 0 Å². The largest absolute Gasteiger partial charge is 0.384 e. The molecule has 0 fully saturated rings. The highest BCUT2D eigenvalue weighted by Gasteiger charge is 2.10. The van der Waals surface area contributed by atoms with E-state index in [0.29, 0.717) is 5.92 Å². The van der Waals surface area contributed by atoms with Crippen LogP contribution < -0.4 is 0 Å². The van der Waals surface area contributed by atoms with Gasteiger partial charge in [0.2, 0.25) is 0 Å². The molecule has 0 aliphatic rings. The van der Waals surface area contributed by atoms with Crippen molar-refractivity contribution in [1.29, 1.82) is 0 Å². The maximum Gasteiger partial charge on any atom is 0.104 e. The quantitative estimate of drug-likeness (QED) is 0.845. The lowest BCUT2D eigenvalue weighted by Gasteiger charge is -2.14. The minimum absolute atomic E-state index is 0.530. The van der Waals surface area contributed by atoms with Crippen molar-refractivity contribution in [2.24, 2.45) is 0 Å². The molecule has 0 aromatic heterocycles. The Hall–Kier alpha value is -1.60. The molecule has 2 rings (SSSR count). The Morgan fingerprint density at radius 1 is 0.833 bits per heavy atom. The molecule has 0 aliphatic carbocycles. The molecular weight excluding hydrogens is 220 g/mol. The molecule has 1 N–H and O–H groups in total. The second-order valence-electron chi connectivity index (χ2n) is 4.79. The SMILES string of the molecule is CCC(C)c1ccc(C(O)c2ccccc2)cc1. The third-order valence-corrected chi connectivity index (χ3v) is 3.55. The van der Waals surface area contributed by atoms with E-state index in [4.69, 9.17) is 0 Å². The summed E-state index contributed by atoms with van der Waals surface area (Å²) >= 11 is 0. The van der Waals surface area contributed by atoms with Gasteiger partial charge in [0.15, 0.2) is 0 Å². The molecule has 2 unspecified atom stereocenters. The maximum atomic E-state index is 10.3. The minimum atomic E-state index is -0.530. The smallest absolute Gasteiger partial charge is 0.104 e. The zero-order valence-corrected chi connectivity index (χ0v) is 11.0. The standard InChI is InChI=1S/C17H20O/c1-3-13(2)14-9-11-16(12-10-14)17(18)15-7-5-4-6-8-15/h4-13,17-18H,3H2,1-2H3. The van der Waals surface area contributed by atoms with E-state index < -0.39 is 6.10 Å². The fourth-order valence-corrected chi connectivity index (χ4v) is 2.07. The molecule has 2 aromatic carbocycles. The van der Waals surface area contributed by atoms with E-state index in [2.05, 4.69) is 26.0 Å². The van der Waals surface area contributed by atoms with E-state index in [1.54, 1.807) is 0 Å². The van der Waals surface area contributed by atoms with Crippen LogP contribution in [-0.2, 0) is 0 Å². The van der Waals surface area contributed by atoms with Crippen molar-refractivity contribution >= 4 is 0 Å². The Morgan fingerprint density at radius 2 is 1.33 bits per heavy atom. The lowest BCUT2D eigenvalue weighted by Crippen LogP contribution is -2.00. The van der Waals surface area contributed by atoms with Gasteiger partial charge in [0.1, 0.15) is 6.10 Å². The highest BCUT2D eigenvalue weighted by molar-refractivity contribution is 5.32. The van der Waals surface area contributed by atoms with Crippen LogP contribution in [0.3, 0.4) is 0 Å². The zero-order chi connectivity index (χ0) is 13.0. The van der Waals surface area contributed by atoms with E-state index in [1.165, 1.54) is 5.56 Å². The van der Waals surface area contributed by atoms with Crippen LogP contribution in [0.25, 0.3) is 0 Å². The summed E-state index contributed by atoms with van der Waals surface area (Å²) in [5.41, 5.74) is 3.23. The summed E-state index contributed by atoms with van der Waals surface area (Å²) in [6.07, 6.45) is 0.609. The number of hydrogen-bond donors (Lipinski definition) is 1. The van der Waals surface area contributed by atoms with Gasteiger partial charge < -0.3 is 5.11 Å². The summed E-state index contributed by atoms with van der Waals surface area (Å²) < 4.78 is 0. The number of aliphatic hydroxyl groups excluding tert-OH is 1. The van der Waals surface area contributed by atoms with Crippen LogP contribution in [0.1, 0.15) is 49.0 Å². The Morgan fingerprint density at radius 3 is 1.89 bits per heavy atom. The normalized spacial score (nSPS) is 14.2. The molecule has 0 heterocycles. The third kappa shape index (κ3) is 2.80. The van der Waals surface area contributed by atoms with Gasteiger partial charge in [0.25, 0.3) is 0 Å². The number of benzene rings is 2. The molecule has 94 valence electrons. The van der Waals surface area contributed by atoms with E-state index in [0.717, 1.165) is 17.5 Å². The second kappa shape index (κ2) is 5.83. The number of hydrogen-bond acceptors (Lipinski definition) is 1. The fraction of sp³-hybridized carbons (Fsp3) is 0.294. The van der Waals surface area contributed by atoms with Crippen molar-refractivity contribution < 1.29 is 5.11 Å². The summed E-state index contributed by atoms with van der Waals surface area (Å²) in [7, 11) is 0. The van der Waals surface area contributed by atoms with Gasteiger partial charge in [-0.2, -0.15) is 0 Å². The second-order valence-corrected chi connectivity index (χ2v) is 4.79. The first-order valence-corrected chi connectivity index (χ1v) is 6.55. The van der Waals surface area contributed by atoms with Crippen molar-refractivity contribution in [3.63, 3.8) is 0 Å². The van der Waals surface area contributed by atoms with Crippen molar-refractivity contribution in [2.75, 3.05) is 0 Å². The molecule has 0 radical (unpaired) electrons. The molecule has 0 saturated heterocycles. The van der Waals surface area contributed by atoms with Crippen LogP contribution in [0.15, 0.2) is 54.6 Å². The average Bonchev–Trinajstić information content (AvgIpc) is 2.47. The molecule has 2 atom stereocenters. The van der Waals surface area contributed by atoms with Gasteiger partial charge in [0, 0.05) is 0 Å². The molecular formula is C17H20O. The first-order chi connectivity index (χ1) is 8.72.